The van der Waals surface area contributed by atoms with Gasteiger partial charge in [-0.2, -0.15) is 0 Å². The first kappa shape index (κ1) is 20.2. The number of nitrogens with zero attached hydrogens (tertiary/aromatic N) is 2. The Morgan fingerprint density at radius 3 is 2.00 bits per heavy atom. The highest BCUT2D eigenvalue weighted by Gasteiger charge is 2.24. The molecule has 1 saturated heterocycles. The Kier molecular flexibility index (Phi) is 5.86. The maximum Gasteiger partial charge on any atom is 0.242 e. The van der Waals surface area contributed by atoms with Crippen molar-refractivity contribution in [1.82, 2.24) is 4.90 Å². The van der Waals surface area contributed by atoms with Crippen LogP contribution in [0.15, 0.2) is 89.8 Å². The molecule has 1 aliphatic heterocycles. The Balaban J connectivity index is 1.38. The quantitative estimate of drug-likeness (QED) is 0.612. The molecular formula is C24H24N2O3S. The second-order valence-electron chi connectivity index (χ2n) is 7.46. The molecule has 0 bridgehead atoms. The van der Waals surface area contributed by atoms with Crippen LogP contribution in [0, 0.1) is 0 Å². The van der Waals surface area contributed by atoms with Crippen molar-refractivity contribution in [2.24, 2.45) is 0 Å². The maximum absolute atomic E-state index is 12.6. The molecular weight excluding hydrogens is 396 g/mol. The number of hydrogen-bond donors (Lipinski definition) is 0. The minimum Gasteiger partial charge on any atom is -0.360 e. The van der Waals surface area contributed by atoms with Crippen molar-refractivity contribution in [3.8, 4) is 0 Å². The van der Waals surface area contributed by atoms with Gasteiger partial charge in [0.05, 0.1) is 17.2 Å². The number of piperazine rings is 1. The molecule has 0 spiro atoms. The van der Waals surface area contributed by atoms with E-state index in [1.807, 2.05) is 64.4 Å². The first-order valence-corrected chi connectivity index (χ1v) is 11.6. The molecule has 0 aliphatic carbocycles. The Labute approximate surface area is 177 Å². The summed E-state index contributed by atoms with van der Waals surface area (Å²) in [5.74, 6) is 0.0574. The molecule has 3 aromatic carbocycles. The molecule has 0 N–H and O–H groups in total. The third-order valence-corrected chi connectivity index (χ3v) is 7.00. The molecule has 5 nitrogen and oxygen atoms in total. The van der Waals surface area contributed by atoms with Crippen molar-refractivity contribution in [2.75, 3.05) is 24.5 Å². The molecule has 0 atom stereocenters. The summed E-state index contributed by atoms with van der Waals surface area (Å²) in [6.07, 6.45) is 0. The van der Waals surface area contributed by atoms with Crippen molar-refractivity contribution < 1.29 is 13.2 Å². The molecule has 0 radical (unpaired) electrons. The molecule has 0 unspecified atom stereocenters. The summed E-state index contributed by atoms with van der Waals surface area (Å²) >= 11 is 0. The highest BCUT2D eigenvalue weighted by atomic mass is 32.2. The number of amides is 1. The summed E-state index contributed by atoms with van der Waals surface area (Å²) in [5.41, 5.74) is 2.79. The Hall–Kier alpha value is -3.12. The van der Waals surface area contributed by atoms with Crippen molar-refractivity contribution >= 4 is 21.4 Å². The van der Waals surface area contributed by atoms with Crippen molar-refractivity contribution in [3.05, 3.63) is 96.1 Å². The largest absolute Gasteiger partial charge is 0.360 e. The molecule has 3 aromatic rings. The minimum absolute atomic E-state index is 0.0406. The molecule has 6 heteroatoms. The number of hydrogen-bond acceptors (Lipinski definition) is 4. The lowest BCUT2D eigenvalue weighted by Gasteiger charge is -2.35. The topological polar surface area (TPSA) is 57.7 Å². The second-order valence-corrected chi connectivity index (χ2v) is 9.45. The standard InChI is InChI=1S/C24H24N2O3S/c27-24-18-25(15-16-26(24)17-20-7-3-1-4-8-20)22-13-11-21(12-14-22)19-30(28,29)23-9-5-2-6-10-23/h1-14H,15-19H2. The Bertz CT molecular complexity index is 1100. The first-order valence-electron chi connectivity index (χ1n) is 9.95. The van der Waals surface area contributed by atoms with Crippen LogP contribution in [-0.2, 0) is 26.9 Å². The van der Waals surface area contributed by atoms with E-state index in [-0.39, 0.29) is 11.7 Å². The zero-order valence-electron chi connectivity index (χ0n) is 16.6. The van der Waals surface area contributed by atoms with E-state index in [0.717, 1.165) is 23.4 Å². The van der Waals surface area contributed by atoms with Crippen LogP contribution in [-0.4, -0.2) is 38.9 Å². The van der Waals surface area contributed by atoms with Gasteiger partial charge < -0.3 is 9.80 Å². The van der Waals surface area contributed by atoms with Crippen LogP contribution in [0.3, 0.4) is 0 Å². The summed E-state index contributed by atoms with van der Waals surface area (Å²) in [6.45, 7) is 2.37. The van der Waals surface area contributed by atoms with Crippen LogP contribution in [0.1, 0.15) is 11.1 Å². The molecule has 0 aromatic heterocycles. The Morgan fingerprint density at radius 2 is 1.37 bits per heavy atom. The van der Waals surface area contributed by atoms with Crippen LogP contribution in [0.5, 0.6) is 0 Å². The van der Waals surface area contributed by atoms with Gasteiger partial charge in [0.25, 0.3) is 0 Å². The fraction of sp³-hybridized carbons (Fsp3) is 0.208. The van der Waals surface area contributed by atoms with Gasteiger partial charge in [-0.05, 0) is 35.4 Å². The molecule has 30 heavy (non-hydrogen) atoms. The smallest absolute Gasteiger partial charge is 0.242 e. The van der Waals surface area contributed by atoms with E-state index in [4.69, 9.17) is 0 Å². The SMILES string of the molecule is O=C1CN(c2ccc(CS(=O)(=O)c3ccccc3)cc2)CCN1Cc1ccccc1. The Morgan fingerprint density at radius 1 is 0.733 bits per heavy atom. The highest BCUT2D eigenvalue weighted by molar-refractivity contribution is 7.90. The van der Waals surface area contributed by atoms with Gasteiger partial charge in [0.15, 0.2) is 9.84 Å². The summed E-state index contributed by atoms with van der Waals surface area (Å²) in [5, 5.41) is 0. The maximum atomic E-state index is 12.6. The highest BCUT2D eigenvalue weighted by Crippen LogP contribution is 2.21. The number of benzene rings is 3. The monoisotopic (exact) mass is 420 g/mol. The van der Waals surface area contributed by atoms with Gasteiger partial charge in [0, 0.05) is 25.3 Å². The molecule has 1 heterocycles. The molecule has 1 amide bonds. The lowest BCUT2D eigenvalue weighted by Crippen LogP contribution is -2.50. The average molecular weight is 421 g/mol. The van der Waals surface area contributed by atoms with Crippen LogP contribution >= 0.6 is 0 Å². The van der Waals surface area contributed by atoms with Crippen LogP contribution in [0.4, 0.5) is 5.69 Å². The number of carbonyl (C=O) groups excluding carboxylic acids is 1. The number of carbonyl (C=O) groups is 1. The molecule has 0 saturated carbocycles. The van der Waals surface area contributed by atoms with E-state index in [2.05, 4.69) is 0 Å². The zero-order valence-corrected chi connectivity index (χ0v) is 17.5. The van der Waals surface area contributed by atoms with Gasteiger partial charge in [-0.25, -0.2) is 8.42 Å². The van der Waals surface area contributed by atoms with Crippen molar-refractivity contribution in [1.29, 1.82) is 0 Å². The van der Waals surface area contributed by atoms with Gasteiger partial charge in [0.1, 0.15) is 0 Å². The predicted octanol–water partition coefficient (Wildman–Crippen LogP) is 3.51. The normalized spacial score (nSPS) is 14.7. The van der Waals surface area contributed by atoms with Crippen LogP contribution in [0.2, 0.25) is 0 Å². The molecule has 154 valence electrons. The third-order valence-electron chi connectivity index (χ3n) is 5.30. The fourth-order valence-corrected chi connectivity index (χ4v) is 5.00. The summed E-state index contributed by atoms with van der Waals surface area (Å²) in [4.78, 5) is 16.8. The van der Waals surface area contributed by atoms with Gasteiger partial charge in [-0.1, -0.05) is 60.7 Å². The van der Waals surface area contributed by atoms with Gasteiger partial charge >= 0.3 is 0 Å². The number of sulfone groups is 1. The average Bonchev–Trinajstić information content (AvgIpc) is 2.77. The molecule has 1 fully saturated rings. The van der Waals surface area contributed by atoms with Gasteiger partial charge in [-0.3, -0.25) is 4.79 Å². The van der Waals surface area contributed by atoms with Gasteiger partial charge in [-0.15, -0.1) is 0 Å². The third kappa shape index (κ3) is 4.71. The van der Waals surface area contributed by atoms with E-state index in [1.165, 1.54) is 0 Å². The first-order chi connectivity index (χ1) is 14.5. The lowest BCUT2D eigenvalue weighted by molar-refractivity contribution is -0.131. The summed E-state index contributed by atoms with van der Waals surface area (Å²) < 4.78 is 25.1. The van der Waals surface area contributed by atoms with Crippen LogP contribution < -0.4 is 4.90 Å². The minimum atomic E-state index is -3.37. The van der Waals surface area contributed by atoms with E-state index in [1.54, 1.807) is 30.3 Å². The van der Waals surface area contributed by atoms with Crippen molar-refractivity contribution in [3.63, 3.8) is 0 Å². The number of anilines is 1. The summed E-state index contributed by atoms with van der Waals surface area (Å²) in [6, 6.07) is 25.9. The number of rotatable bonds is 6. The molecule has 1 aliphatic rings. The summed E-state index contributed by atoms with van der Waals surface area (Å²) in [7, 11) is -3.37. The lowest BCUT2D eigenvalue weighted by atomic mass is 10.1. The van der Waals surface area contributed by atoms with E-state index < -0.39 is 9.84 Å². The zero-order chi connectivity index (χ0) is 21.0. The fourth-order valence-electron chi connectivity index (χ4n) is 3.63. The molecule has 4 rings (SSSR count). The van der Waals surface area contributed by atoms with E-state index >= 15 is 0 Å². The van der Waals surface area contributed by atoms with E-state index in [0.29, 0.717) is 24.5 Å². The predicted molar refractivity (Wildman–Crippen MR) is 118 cm³/mol. The van der Waals surface area contributed by atoms with Crippen molar-refractivity contribution in [2.45, 2.75) is 17.2 Å². The van der Waals surface area contributed by atoms with E-state index in [9.17, 15) is 13.2 Å². The van der Waals surface area contributed by atoms with Gasteiger partial charge in [0.2, 0.25) is 5.91 Å². The second kappa shape index (κ2) is 8.71. The van der Waals surface area contributed by atoms with Crippen LogP contribution in [0.25, 0.3) is 0 Å².